The zero-order valence-corrected chi connectivity index (χ0v) is 16.5. The van der Waals surface area contributed by atoms with Gasteiger partial charge < -0.3 is 4.57 Å². The maximum absolute atomic E-state index is 12.1. The Labute approximate surface area is 159 Å². The average molecular weight is 385 g/mol. The van der Waals surface area contributed by atoms with E-state index in [4.69, 9.17) is 4.98 Å². The summed E-state index contributed by atoms with van der Waals surface area (Å²) >= 11 is 0. The van der Waals surface area contributed by atoms with E-state index >= 15 is 0 Å². The lowest BCUT2D eigenvalue weighted by Crippen LogP contribution is -2.28. The molecule has 2 heterocycles. The van der Waals surface area contributed by atoms with E-state index in [1.807, 2.05) is 12.3 Å². The van der Waals surface area contributed by atoms with Gasteiger partial charge in [0.05, 0.1) is 35.1 Å². The van der Waals surface area contributed by atoms with Crippen molar-refractivity contribution in [3.63, 3.8) is 0 Å². The van der Waals surface area contributed by atoms with Gasteiger partial charge in [0.2, 0.25) is 0 Å². The smallest absolute Gasteiger partial charge is 0.301 e. The number of rotatable bonds is 6. The maximum atomic E-state index is 12.1. The Morgan fingerprint density at radius 1 is 1.26 bits per heavy atom. The van der Waals surface area contributed by atoms with Crippen molar-refractivity contribution in [2.24, 2.45) is 0 Å². The first-order chi connectivity index (χ1) is 12.9. The predicted octanol–water partition coefficient (Wildman–Crippen LogP) is 3.21. The first kappa shape index (κ1) is 17.9. The third-order valence-corrected chi connectivity index (χ3v) is 6.36. The normalized spacial score (nSPS) is 14.8. The first-order valence-electron chi connectivity index (χ1n) is 9.04. The third-order valence-electron chi connectivity index (χ3n) is 4.90. The molecular weight excluding hydrogens is 362 g/mol. The zero-order chi connectivity index (χ0) is 19.2. The van der Waals surface area contributed by atoms with Crippen LogP contribution in [0.3, 0.4) is 0 Å². The molecule has 1 aromatic carbocycles. The molecule has 1 aliphatic rings. The molecule has 142 valence electrons. The van der Waals surface area contributed by atoms with Crippen LogP contribution in [0.5, 0.6) is 0 Å². The van der Waals surface area contributed by atoms with Crippen molar-refractivity contribution < 1.29 is 8.42 Å². The molecule has 7 nitrogen and oxygen atoms in total. The van der Waals surface area contributed by atoms with Gasteiger partial charge >= 0.3 is 10.2 Å². The van der Waals surface area contributed by atoms with E-state index in [-0.39, 0.29) is 0 Å². The minimum absolute atomic E-state index is 0.506. The van der Waals surface area contributed by atoms with Crippen LogP contribution in [-0.4, -0.2) is 41.4 Å². The van der Waals surface area contributed by atoms with Crippen LogP contribution < -0.4 is 4.72 Å². The summed E-state index contributed by atoms with van der Waals surface area (Å²) in [5, 5.41) is 1.08. The largest absolute Gasteiger partial charge is 0.330 e. The van der Waals surface area contributed by atoms with Crippen molar-refractivity contribution >= 4 is 26.8 Å². The summed E-state index contributed by atoms with van der Waals surface area (Å²) < 4.78 is 30.1. The molecule has 0 unspecified atom stereocenters. The summed E-state index contributed by atoms with van der Waals surface area (Å²) in [6, 6.07) is 7.72. The van der Waals surface area contributed by atoms with Crippen LogP contribution in [0.15, 0.2) is 36.8 Å². The van der Waals surface area contributed by atoms with Gasteiger partial charge in [0, 0.05) is 26.0 Å². The molecule has 0 aliphatic heterocycles. The highest BCUT2D eigenvalue weighted by Crippen LogP contribution is 2.44. The quantitative estimate of drug-likeness (QED) is 0.706. The molecule has 3 aromatic rings. The summed E-state index contributed by atoms with van der Waals surface area (Å²) in [6.45, 7) is 2.89. The Hall–Kier alpha value is -2.45. The van der Waals surface area contributed by atoms with Crippen molar-refractivity contribution in [2.75, 3.05) is 18.8 Å². The number of hydrogen-bond acceptors (Lipinski definition) is 4. The lowest BCUT2D eigenvalue weighted by Gasteiger charge is -2.15. The molecule has 0 spiro atoms. The fraction of sp³-hybridized carbons (Fsp3) is 0.368. The Balaban J connectivity index is 1.84. The van der Waals surface area contributed by atoms with Gasteiger partial charge in [-0.05, 0) is 49.4 Å². The highest BCUT2D eigenvalue weighted by Gasteiger charge is 2.27. The van der Waals surface area contributed by atoms with Crippen molar-refractivity contribution in [3.05, 3.63) is 42.4 Å². The van der Waals surface area contributed by atoms with Crippen molar-refractivity contribution in [2.45, 2.75) is 32.2 Å². The van der Waals surface area contributed by atoms with Crippen LogP contribution in [0.1, 0.15) is 31.2 Å². The predicted molar refractivity (Wildman–Crippen MR) is 107 cm³/mol. The summed E-state index contributed by atoms with van der Waals surface area (Å²) in [6.07, 6.45) is 5.99. The highest BCUT2D eigenvalue weighted by molar-refractivity contribution is 7.90. The molecule has 0 radical (unpaired) electrons. The molecular formula is C19H23N5O2S. The fourth-order valence-electron chi connectivity index (χ4n) is 3.21. The van der Waals surface area contributed by atoms with Gasteiger partial charge in [-0.15, -0.1) is 0 Å². The second-order valence-electron chi connectivity index (χ2n) is 7.06. The number of nitrogens with one attached hydrogen (secondary N) is 1. The molecule has 0 atom stereocenters. The highest BCUT2D eigenvalue weighted by atomic mass is 32.2. The van der Waals surface area contributed by atoms with Crippen LogP contribution in [0, 0.1) is 0 Å². The average Bonchev–Trinajstić information content (AvgIpc) is 3.36. The monoisotopic (exact) mass is 385 g/mol. The minimum atomic E-state index is -3.56. The van der Waals surface area contributed by atoms with Crippen LogP contribution in [-0.2, 0) is 16.8 Å². The number of imidazole rings is 1. The molecule has 0 amide bonds. The van der Waals surface area contributed by atoms with Crippen molar-refractivity contribution in [1.29, 1.82) is 0 Å². The number of nitrogens with zero attached hydrogens (tertiary/aromatic N) is 4. The maximum Gasteiger partial charge on any atom is 0.301 e. The van der Waals surface area contributed by atoms with E-state index < -0.39 is 10.2 Å². The van der Waals surface area contributed by atoms with Gasteiger partial charge in [0.15, 0.2) is 0 Å². The summed E-state index contributed by atoms with van der Waals surface area (Å²) in [4.78, 5) is 9.07. The Bertz CT molecular complexity index is 1100. The molecule has 27 heavy (non-hydrogen) atoms. The molecule has 1 aliphatic carbocycles. The van der Waals surface area contributed by atoms with Gasteiger partial charge in [-0.25, -0.2) is 9.97 Å². The van der Waals surface area contributed by atoms with E-state index in [9.17, 15) is 8.42 Å². The van der Waals surface area contributed by atoms with Gasteiger partial charge in [-0.1, -0.05) is 6.07 Å². The van der Waals surface area contributed by atoms with E-state index in [2.05, 4.69) is 27.3 Å². The van der Waals surface area contributed by atoms with Gasteiger partial charge in [0.1, 0.15) is 0 Å². The number of pyridine rings is 1. The third kappa shape index (κ3) is 3.42. The van der Waals surface area contributed by atoms with Crippen LogP contribution >= 0.6 is 0 Å². The molecule has 8 heteroatoms. The summed E-state index contributed by atoms with van der Waals surface area (Å²) in [7, 11) is -0.563. The number of hydrogen-bond donors (Lipinski definition) is 1. The topological polar surface area (TPSA) is 80.1 Å². The number of benzene rings is 1. The number of aryl methyl sites for hydroxylation is 1. The second-order valence-corrected chi connectivity index (χ2v) is 8.94. The standard InChI is InChI=1S/C19H23N5O2S/c1-4-24-12-20-11-19(24)18-10-16(13-5-6-13)15-8-7-14(9-17(15)21-18)22-27(25,26)23(2)3/h7-13,22H,4-6H2,1-3H3. The van der Waals surface area contributed by atoms with Crippen LogP contribution in [0.4, 0.5) is 5.69 Å². The minimum Gasteiger partial charge on any atom is -0.330 e. The Morgan fingerprint density at radius 3 is 2.70 bits per heavy atom. The van der Waals surface area contributed by atoms with E-state index in [1.165, 1.54) is 32.5 Å². The molecule has 0 bridgehead atoms. The lowest BCUT2D eigenvalue weighted by atomic mass is 10.0. The van der Waals surface area contributed by atoms with E-state index in [1.54, 1.807) is 18.5 Å². The van der Waals surface area contributed by atoms with Crippen molar-refractivity contribution in [3.8, 4) is 11.4 Å². The molecule has 4 rings (SSSR count). The van der Waals surface area contributed by atoms with Crippen molar-refractivity contribution in [1.82, 2.24) is 18.8 Å². The van der Waals surface area contributed by atoms with Crippen LogP contribution in [0.25, 0.3) is 22.3 Å². The first-order valence-corrected chi connectivity index (χ1v) is 10.5. The second kappa shape index (κ2) is 6.61. The zero-order valence-electron chi connectivity index (χ0n) is 15.7. The van der Waals surface area contributed by atoms with E-state index in [0.717, 1.165) is 33.1 Å². The van der Waals surface area contributed by atoms with Gasteiger partial charge in [-0.3, -0.25) is 4.72 Å². The lowest BCUT2D eigenvalue weighted by molar-refractivity contribution is 0.527. The van der Waals surface area contributed by atoms with Gasteiger partial charge in [-0.2, -0.15) is 12.7 Å². The fourth-order valence-corrected chi connectivity index (χ4v) is 3.82. The number of anilines is 1. The molecule has 1 fully saturated rings. The number of fused-ring (bicyclic) bond motifs is 1. The molecule has 0 saturated heterocycles. The molecule has 2 aromatic heterocycles. The Morgan fingerprint density at radius 2 is 2.04 bits per heavy atom. The Kier molecular flexibility index (Phi) is 4.39. The van der Waals surface area contributed by atoms with Gasteiger partial charge in [0.25, 0.3) is 0 Å². The van der Waals surface area contributed by atoms with E-state index in [0.29, 0.717) is 11.6 Å². The number of aromatic nitrogens is 3. The summed E-state index contributed by atoms with van der Waals surface area (Å²) in [5.74, 6) is 0.552. The molecule has 1 N–H and O–H groups in total. The SMILES string of the molecule is CCn1cncc1-c1cc(C2CC2)c2ccc(NS(=O)(=O)N(C)C)cc2n1. The summed E-state index contributed by atoms with van der Waals surface area (Å²) in [5.41, 5.74) is 4.42. The van der Waals surface area contributed by atoms with Crippen LogP contribution in [0.2, 0.25) is 0 Å². The molecule has 1 saturated carbocycles.